The van der Waals surface area contributed by atoms with E-state index in [2.05, 4.69) is 10.7 Å². The van der Waals surface area contributed by atoms with E-state index in [1.54, 1.807) is 12.3 Å². The Balaban J connectivity index is 1.65. The number of pyridine rings is 1. The number of aryl methyl sites for hydroxylation is 2. The summed E-state index contributed by atoms with van der Waals surface area (Å²) < 4.78 is 31.7. The Labute approximate surface area is 248 Å². The lowest BCUT2D eigenvalue weighted by Gasteiger charge is -2.27. The predicted octanol–water partition coefficient (Wildman–Crippen LogP) is 5.74. The molecule has 0 spiro atoms. The topological polar surface area (TPSA) is 121 Å². The summed E-state index contributed by atoms with van der Waals surface area (Å²) in [5.74, 6) is -4.70. The van der Waals surface area contributed by atoms with Crippen molar-refractivity contribution in [2.75, 3.05) is 0 Å². The zero-order chi connectivity index (χ0) is 31.4. The molecular formula is C32H37F2N4O5+. The van der Waals surface area contributed by atoms with Crippen LogP contribution in [0.5, 0.6) is 0 Å². The Hall–Kier alpha value is -4.41. The second kappa shape index (κ2) is 13.3. The van der Waals surface area contributed by atoms with Gasteiger partial charge in [0.25, 0.3) is 11.5 Å². The quantitative estimate of drug-likeness (QED) is 0.140. The Morgan fingerprint density at radius 2 is 1.77 bits per heavy atom. The fourth-order valence-electron chi connectivity index (χ4n) is 5.45. The number of aromatic nitrogens is 1. The maximum Gasteiger partial charge on any atom is 0.308 e. The van der Waals surface area contributed by atoms with Crippen LogP contribution >= 0.6 is 0 Å². The summed E-state index contributed by atoms with van der Waals surface area (Å²) in [5.41, 5.74) is 4.12. The number of nitroso groups, excluding NO2 is 1. The van der Waals surface area contributed by atoms with E-state index in [4.69, 9.17) is 0 Å². The predicted molar refractivity (Wildman–Crippen MR) is 157 cm³/mol. The molecule has 3 aromatic rings. The molecule has 0 saturated heterocycles. The average molecular weight is 596 g/mol. The molecule has 2 aromatic carbocycles. The van der Waals surface area contributed by atoms with Crippen molar-refractivity contribution < 1.29 is 28.3 Å². The van der Waals surface area contributed by atoms with Gasteiger partial charge in [-0.05, 0) is 85.5 Å². The first-order valence-corrected chi connectivity index (χ1v) is 14.4. The standard InChI is InChI=1S/C32H36F2N4O5/c1-18(2)14-27(35-31(41)23-12-7-13-37(32(23)42)22-10-6-11-22)38(43)36-26(17-28(39)40)24-15-21(16-25(33)30(24)34)29-19(3)8-5-9-20(29)4/h5,7-9,12-13,15-16,18,22,26-27H,6,10-11,14,17H2,1-4H3,(H2-,35,36,39,40,41,43)/p+1/t26-,27+/m0/s1. The van der Waals surface area contributed by atoms with Gasteiger partial charge in [0.05, 0.1) is 11.3 Å². The molecule has 11 heteroatoms. The summed E-state index contributed by atoms with van der Waals surface area (Å²) in [4.78, 5) is 51.8. The molecule has 3 N–H and O–H groups in total. The minimum absolute atomic E-state index is 0.0238. The summed E-state index contributed by atoms with van der Waals surface area (Å²) in [6.45, 7) is 7.28. The fraction of sp³-hybridized carbons (Fsp3) is 0.406. The van der Waals surface area contributed by atoms with Gasteiger partial charge in [0.1, 0.15) is 16.5 Å². The van der Waals surface area contributed by atoms with Crippen LogP contribution in [-0.4, -0.2) is 32.6 Å². The first-order valence-electron chi connectivity index (χ1n) is 14.4. The lowest BCUT2D eigenvalue weighted by Crippen LogP contribution is -2.50. The summed E-state index contributed by atoms with van der Waals surface area (Å²) in [6, 6.07) is 9.38. The van der Waals surface area contributed by atoms with Crippen molar-refractivity contribution in [3.05, 3.63) is 97.8 Å². The van der Waals surface area contributed by atoms with E-state index in [1.165, 1.54) is 16.7 Å². The van der Waals surface area contributed by atoms with Crippen LogP contribution in [0, 0.1) is 36.3 Å². The van der Waals surface area contributed by atoms with E-state index in [9.17, 15) is 28.8 Å². The number of nitrogens with zero attached hydrogens (tertiary/aromatic N) is 2. The van der Waals surface area contributed by atoms with Crippen LogP contribution < -0.4 is 16.3 Å². The Bertz CT molecular complexity index is 1580. The zero-order valence-electron chi connectivity index (χ0n) is 24.7. The van der Waals surface area contributed by atoms with E-state index in [1.807, 2.05) is 45.9 Å². The molecule has 0 unspecified atom stereocenters. The second-order valence-corrected chi connectivity index (χ2v) is 11.6. The summed E-state index contributed by atoms with van der Waals surface area (Å²) in [7, 11) is 0. The van der Waals surface area contributed by atoms with E-state index >= 15 is 4.39 Å². The molecule has 1 aliphatic rings. The molecule has 1 saturated carbocycles. The number of benzene rings is 2. The lowest BCUT2D eigenvalue weighted by molar-refractivity contribution is -0.652. The van der Waals surface area contributed by atoms with Gasteiger partial charge in [-0.2, -0.15) is 0 Å². The molecule has 43 heavy (non-hydrogen) atoms. The number of nitrogens with one attached hydrogen (secondary N) is 2. The normalized spacial score (nSPS) is 14.6. The Morgan fingerprint density at radius 3 is 2.35 bits per heavy atom. The molecule has 9 nitrogen and oxygen atoms in total. The van der Waals surface area contributed by atoms with E-state index in [-0.39, 0.29) is 34.4 Å². The molecule has 1 fully saturated rings. The maximum atomic E-state index is 15.2. The van der Waals surface area contributed by atoms with Gasteiger partial charge in [0, 0.05) is 24.2 Å². The number of hydrogen-bond donors (Lipinski definition) is 3. The monoisotopic (exact) mass is 595 g/mol. The van der Waals surface area contributed by atoms with Crippen molar-refractivity contribution in [1.29, 1.82) is 0 Å². The Kier molecular flexibility index (Phi) is 9.73. The van der Waals surface area contributed by atoms with Gasteiger partial charge in [-0.1, -0.05) is 32.0 Å². The molecule has 0 bridgehead atoms. The number of amides is 1. The van der Waals surface area contributed by atoms with Gasteiger partial charge in [-0.15, -0.1) is 5.43 Å². The highest BCUT2D eigenvalue weighted by molar-refractivity contribution is 5.93. The van der Waals surface area contributed by atoms with Gasteiger partial charge in [-0.25, -0.2) is 8.78 Å². The highest BCUT2D eigenvalue weighted by atomic mass is 19.2. The minimum atomic E-state index is -1.48. The summed E-state index contributed by atoms with van der Waals surface area (Å²) in [6.07, 6.45) is 2.42. The largest absolute Gasteiger partial charge is 0.481 e. The van der Waals surface area contributed by atoms with Crippen molar-refractivity contribution in [2.24, 2.45) is 5.92 Å². The van der Waals surface area contributed by atoms with Crippen LogP contribution in [0.25, 0.3) is 11.1 Å². The highest BCUT2D eigenvalue weighted by Crippen LogP contribution is 2.33. The maximum absolute atomic E-state index is 15.2. The van der Waals surface area contributed by atoms with E-state index < -0.39 is 47.7 Å². The van der Waals surface area contributed by atoms with Crippen molar-refractivity contribution in [3.8, 4) is 11.1 Å². The van der Waals surface area contributed by atoms with Crippen LogP contribution in [0.2, 0.25) is 0 Å². The third-order valence-corrected chi connectivity index (χ3v) is 7.83. The molecular weight excluding hydrogens is 558 g/mol. The molecule has 0 aliphatic heterocycles. The van der Waals surface area contributed by atoms with Gasteiger partial charge in [0.15, 0.2) is 11.6 Å². The number of carbonyl (C=O) groups excluding carboxylic acids is 1. The fourth-order valence-corrected chi connectivity index (χ4v) is 5.45. The van der Waals surface area contributed by atoms with Crippen LogP contribution in [0.4, 0.5) is 8.78 Å². The molecule has 2 atom stereocenters. The molecule has 1 heterocycles. The molecule has 0 radical (unpaired) electrons. The number of halogens is 2. The van der Waals surface area contributed by atoms with Gasteiger partial charge in [0.2, 0.25) is 0 Å². The third-order valence-electron chi connectivity index (χ3n) is 7.83. The number of carboxylic acid groups (broad SMARTS) is 1. The molecule has 1 aromatic heterocycles. The summed E-state index contributed by atoms with van der Waals surface area (Å²) in [5, 5.41) is 12.2. The van der Waals surface area contributed by atoms with Gasteiger partial charge in [-0.3, -0.25) is 19.7 Å². The molecule has 228 valence electrons. The number of hydrogen-bond acceptors (Lipinski definition) is 4. The zero-order valence-corrected chi connectivity index (χ0v) is 24.7. The van der Waals surface area contributed by atoms with E-state index in [0.29, 0.717) is 11.1 Å². The Morgan fingerprint density at radius 1 is 1.09 bits per heavy atom. The van der Waals surface area contributed by atoms with Crippen molar-refractivity contribution in [1.82, 2.24) is 15.3 Å². The van der Waals surface area contributed by atoms with E-state index in [0.717, 1.165) is 36.5 Å². The van der Waals surface area contributed by atoms with Gasteiger partial charge < -0.3 is 9.67 Å². The second-order valence-electron chi connectivity index (χ2n) is 11.6. The highest BCUT2D eigenvalue weighted by Gasteiger charge is 2.35. The van der Waals surface area contributed by atoms with Crippen LogP contribution in [0.15, 0.2) is 53.5 Å². The van der Waals surface area contributed by atoms with Crippen molar-refractivity contribution >= 4 is 11.9 Å². The lowest BCUT2D eigenvalue weighted by atomic mass is 9.92. The van der Waals surface area contributed by atoms with Crippen molar-refractivity contribution in [3.63, 3.8) is 0 Å². The molecule has 4 rings (SSSR count). The molecule has 1 amide bonds. The number of hydrazine groups is 1. The smallest absolute Gasteiger partial charge is 0.308 e. The van der Waals surface area contributed by atoms with Crippen LogP contribution in [0.3, 0.4) is 0 Å². The molecule has 1 aliphatic carbocycles. The number of carboxylic acids is 1. The summed E-state index contributed by atoms with van der Waals surface area (Å²) >= 11 is 0. The minimum Gasteiger partial charge on any atom is -0.481 e. The average Bonchev–Trinajstić information content (AvgIpc) is 2.89. The first kappa shape index (κ1) is 31.5. The number of rotatable bonds is 12. The number of aliphatic carboxylic acids is 1. The number of carbonyl (C=O) groups is 2. The van der Waals surface area contributed by atoms with Crippen LogP contribution in [0.1, 0.15) is 85.1 Å². The van der Waals surface area contributed by atoms with Crippen molar-refractivity contribution in [2.45, 2.75) is 78.0 Å². The third kappa shape index (κ3) is 7.15. The van der Waals surface area contributed by atoms with Gasteiger partial charge >= 0.3 is 12.1 Å². The first-order chi connectivity index (χ1) is 20.4. The SMILES string of the molecule is Cc1cccc(C)c1-c1cc(F)c(F)c([C@H](CC(=O)O)N[N+](=O)[C@H](CC(C)C)NC(=O)c2cccn(C3CCC3)c2=O)c1. The van der Waals surface area contributed by atoms with Crippen LogP contribution in [-0.2, 0) is 4.79 Å².